The molecule has 38 heavy (non-hydrogen) atoms. The van der Waals surface area contributed by atoms with Gasteiger partial charge in [0.15, 0.2) is 11.5 Å². The van der Waals surface area contributed by atoms with Gasteiger partial charge < -0.3 is 19.5 Å². The van der Waals surface area contributed by atoms with E-state index in [2.05, 4.69) is 11.5 Å². The van der Waals surface area contributed by atoms with Crippen molar-refractivity contribution in [3.63, 3.8) is 0 Å². The molecule has 7 nitrogen and oxygen atoms in total. The molecule has 1 saturated carbocycles. The summed E-state index contributed by atoms with van der Waals surface area (Å²) < 4.78 is 12.3. The van der Waals surface area contributed by atoms with Gasteiger partial charge in [-0.05, 0) is 61.4 Å². The fourth-order valence-electron chi connectivity index (χ4n) is 7.62. The van der Waals surface area contributed by atoms with Crippen LogP contribution in [0.2, 0.25) is 0 Å². The van der Waals surface area contributed by atoms with E-state index in [9.17, 15) is 14.7 Å². The number of rotatable bonds is 7. The zero-order valence-electron chi connectivity index (χ0n) is 21.7. The molecule has 0 aromatic heterocycles. The maximum Gasteiger partial charge on any atom is 0.337 e. The molecule has 2 aliphatic carbocycles. The molecular formula is C31H34N2O5. The number of likely N-dealkylation sites (N-methyl/N-ethyl adjacent to an activating group) is 1. The van der Waals surface area contributed by atoms with E-state index in [0.29, 0.717) is 23.5 Å². The third kappa shape index (κ3) is 3.79. The van der Waals surface area contributed by atoms with Gasteiger partial charge in [0.2, 0.25) is 5.91 Å². The number of piperidine rings is 1. The Hall–Kier alpha value is -3.42. The summed E-state index contributed by atoms with van der Waals surface area (Å²) in [4.78, 5) is 29.8. The van der Waals surface area contributed by atoms with Crippen molar-refractivity contribution in [2.45, 2.75) is 49.3 Å². The van der Waals surface area contributed by atoms with Crippen molar-refractivity contribution in [3.05, 3.63) is 77.9 Å². The Balaban J connectivity index is 1.38. The molecule has 1 amide bonds. The van der Waals surface area contributed by atoms with E-state index in [-0.39, 0.29) is 23.5 Å². The van der Waals surface area contributed by atoms with Gasteiger partial charge in [0.05, 0.1) is 6.04 Å². The second-order valence-corrected chi connectivity index (χ2v) is 10.9. The van der Waals surface area contributed by atoms with Crippen molar-refractivity contribution in [1.82, 2.24) is 9.80 Å². The third-order valence-electron chi connectivity index (χ3n) is 9.17. The van der Waals surface area contributed by atoms with E-state index in [0.717, 1.165) is 49.9 Å². The average Bonchev–Trinajstić information content (AvgIpc) is 3.29. The fourth-order valence-corrected chi connectivity index (χ4v) is 7.62. The van der Waals surface area contributed by atoms with Crippen molar-refractivity contribution >= 4 is 18.0 Å². The number of benzene rings is 2. The molecule has 2 aromatic carbocycles. The zero-order chi connectivity index (χ0) is 26.4. The van der Waals surface area contributed by atoms with Crippen LogP contribution in [-0.4, -0.2) is 71.7 Å². The third-order valence-corrected chi connectivity index (χ3v) is 9.17. The summed E-state index contributed by atoms with van der Waals surface area (Å²) in [5.74, 6) is 0.574. The molecule has 1 spiro atoms. The smallest absolute Gasteiger partial charge is 0.337 e. The fraction of sp³-hybridized carbons (Fsp3) is 0.419. The second kappa shape index (κ2) is 9.71. The van der Waals surface area contributed by atoms with Crippen LogP contribution in [0.1, 0.15) is 36.0 Å². The lowest BCUT2D eigenvalue weighted by Crippen LogP contribution is -2.68. The van der Waals surface area contributed by atoms with Crippen LogP contribution in [-0.2, 0) is 21.4 Å². The number of hydrogen-bond acceptors (Lipinski definition) is 6. The van der Waals surface area contributed by atoms with Crippen LogP contribution in [0.15, 0.2) is 61.2 Å². The minimum absolute atomic E-state index is 0.0585. The summed E-state index contributed by atoms with van der Waals surface area (Å²) in [7, 11) is 1.87. The number of carbonyl (C=O) groups excluding carboxylic acids is 2. The number of likely N-dealkylation sites (tertiary alicyclic amines) is 1. The molecule has 1 saturated heterocycles. The Kier molecular flexibility index (Phi) is 6.36. The van der Waals surface area contributed by atoms with E-state index < -0.39 is 12.6 Å². The first kappa shape index (κ1) is 24.9. The van der Waals surface area contributed by atoms with E-state index >= 15 is 0 Å². The molecule has 2 aliphatic heterocycles. The SMILES string of the molecule is C=CCN1CC[C@]23c4c5ccc(OC(=O)CO)c4OC2C(N(C)C(=O)/C=C/c2ccccc2)CC[C@H]3[C@H]1C5. The van der Waals surface area contributed by atoms with Crippen LogP contribution >= 0.6 is 0 Å². The highest BCUT2D eigenvalue weighted by Crippen LogP contribution is 2.64. The van der Waals surface area contributed by atoms with Crippen LogP contribution in [0.4, 0.5) is 0 Å². The van der Waals surface area contributed by atoms with Gasteiger partial charge in [-0.15, -0.1) is 6.58 Å². The highest BCUT2D eigenvalue weighted by atomic mass is 16.6. The molecule has 2 aromatic rings. The monoisotopic (exact) mass is 514 g/mol. The predicted molar refractivity (Wildman–Crippen MR) is 144 cm³/mol. The highest BCUT2D eigenvalue weighted by Gasteiger charge is 2.66. The number of ether oxygens (including phenoxy) is 2. The Morgan fingerprint density at radius 1 is 1.24 bits per heavy atom. The van der Waals surface area contributed by atoms with Gasteiger partial charge in [0.25, 0.3) is 0 Å². The molecule has 6 rings (SSSR count). The lowest BCUT2D eigenvalue weighted by molar-refractivity contribution is -0.137. The first-order chi connectivity index (χ1) is 18.5. The normalized spacial score (nSPS) is 28.9. The quantitative estimate of drug-likeness (QED) is 0.264. The number of amides is 1. The van der Waals surface area contributed by atoms with E-state index in [4.69, 9.17) is 9.47 Å². The lowest BCUT2D eigenvalue weighted by atomic mass is 9.51. The molecular weight excluding hydrogens is 480 g/mol. The van der Waals surface area contributed by atoms with Crippen molar-refractivity contribution in [2.75, 3.05) is 26.7 Å². The number of aliphatic hydroxyl groups is 1. The Morgan fingerprint density at radius 2 is 2.05 bits per heavy atom. The Labute approximate surface area is 223 Å². The molecule has 5 atom stereocenters. The summed E-state index contributed by atoms with van der Waals surface area (Å²) in [5.41, 5.74) is 3.09. The first-order valence-corrected chi connectivity index (χ1v) is 13.5. The average molecular weight is 515 g/mol. The minimum Gasteiger partial charge on any atom is -0.483 e. The summed E-state index contributed by atoms with van der Waals surface area (Å²) in [6, 6.07) is 13.9. The van der Waals surface area contributed by atoms with Crippen molar-refractivity contribution in [2.24, 2.45) is 5.92 Å². The number of aliphatic hydroxyl groups excluding tert-OH is 1. The molecule has 0 radical (unpaired) electrons. The summed E-state index contributed by atoms with van der Waals surface area (Å²) in [6.07, 6.45) is 8.87. The molecule has 2 bridgehead atoms. The number of hydrogen-bond donors (Lipinski definition) is 1. The highest BCUT2D eigenvalue weighted by molar-refractivity contribution is 5.92. The predicted octanol–water partition coefficient (Wildman–Crippen LogP) is 3.35. The summed E-state index contributed by atoms with van der Waals surface area (Å²) in [5, 5.41) is 9.31. The minimum atomic E-state index is -0.710. The topological polar surface area (TPSA) is 79.3 Å². The molecule has 2 unspecified atom stereocenters. The van der Waals surface area contributed by atoms with Gasteiger partial charge in [-0.25, -0.2) is 4.79 Å². The Bertz CT molecular complexity index is 1290. The molecule has 1 N–H and O–H groups in total. The van der Waals surface area contributed by atoms with Gasteiger partial charge >= 0.3 is 5.97 Å². The van der Waals surface area contributed by atoms with Gasteiger partial charge in [-0.3, -0.25) is 9.69 Å². The second-order valence-electron chi connectivity index (χ2n) is 10.9. The lowest BCUT2D eigenvalue weighted by Gasteiger charge is -2.60. The van der Waals surface area contributed by atoms with Crippen molar-refractivity contribution in [1.29, 1.82) is 0 Å². The first-order valence-electron chi connectivity index (χ1n) is 13.5. The molecule has 2 fully saturated rings. The van der Waals surface area contributed by atoms with Crippen LogP contribution in [0.3, 0.4) is 0 Å². The number of nitrogens with zero attached hydrogens (tertiary/aromatic N) is 2. The van der Waals surface area contributed by atoms with E-state index in [1.165, 1.54) is 5.56 Å². The van der Waals surface area contributed by atoms with Crippen LogP contribution in [0, 0.1) is 5.92 Å². The standard InChI is InChI=1S/C31H34N2O5/c1-3-16-33-17-15-31-22-11-12-23(32(2)26(35)14-9-20-7-5-4-6-8-20)30(31)38-29-25(37-27(36)19-34)13-10-21(28(29)31)18-24(22)33/h3-10,13-14,22-24,30,34H,1,11-12,15-19H2,2H3/b14-9+/t22-,23?,24+,30?,31-/m0/s1. The van der Waals surface area contributed by atoms with E-state index in [1.807, 2.05) is 60.5 Å². The zero-order valence-corrected chi connectivity index (χ0v) is 21.7. The van der Waals surface area contributed by atoms with Gasteiger partial charge in [-0.2, -0.15) is 0 Å². The van der Waals surface area contributed by atoms with Gasteiger partial charge in [0, 0.05) is 36.7 Å². The molecule has 7 heteroatoms. The van der Waals surface area contributed by atoms with Gasteiger partial charge in [0.1, 0.15) is 12.7 Å². The maximum atomic E-state index is 13.4. The van der Waals surface area contributed by atoms with Crippen LogP contribution in [0.5, 0.6) is 11.5 Å². The van der Waals surface area contributed by atoms with Crippen molar-refractivity contribution < 1.29 is 24.2 Å². The number of carbonyl (C=O) groups is 2. The molecule has 198 valence electrons. The van der Waals surface area contributed by atoms with Crippen molar-refractivity contribution in [3.8, 4) is 11.5 Å². The maximum absolute atomic E-state index is 13.4. The van der Waals surface area contributed by atoms with Crippen LogP contribution in [0.25, 0.3) is 6.08 Å². The van der Waals surface area contributed by atoms with Gasteiger partial charge in [-0.1, -0.05) is 42.5 Å². The molecule has 2 heterocycles. The number of esters is 1. The largest absolute Gasteiger partial charge is 0.483 e. The summed E-state index contributed by atoms with van der Waals surface area (Å²) in [6.45, 7) is 5.07. The Morgan fingerprint density at radius 3 is 2.82 bits per heavy atom. The van der Waals surface area contributed by atoms with Crippen LogP contribution < -0.4 is 9.47 Å². The summed E-state index contributed by atoms with van der Waals surface area (Å²) >= 11 is 0. The van der Waals surface area contributed by atoms with E-state index in [1.54, 1.807) is 12.1 Å². The molecule has 4 aliphatic rings.